The third kappa shape index (κ3) is 4.07. The molecule has 0 radical (unpaired) electrons. The first kappa shape index (κ1) is 17.0. The van der Waals surface area contributed by atoms with Crippen molar-refractivity contribution in [2.24, 2.45) is 0 Å². The molecule has 0 unspecified atom stereocenters. The Labute approximate surface area is 139 Å². The number of methoxy groups -OCH3 is 3. The zero-order chi connectivity index (χ0) is 16.8. The summed E-state index contributed by atoms with van der Waals surface area (Å²) in [4.78, 5) is 12.0. The van der Waals surface area contributed by atoms with Gasteiger partial charge in [-0.15, -0.1) is 0 Å². The number of carbonyl (C=O) groups is 1. The lowest BCUT2D eigenvalue weighted by Gasteiger charge is -2.14. The normalized spacial score (nSPS) is 10.1. The van der Waals surface area contributed by atoms with E-state index in [1.165, 1.54) is 21.3 Å². The quantitative estimate of drug-likeness (QED) is 0.752. The Morgan fingerprint density at radius 2 is 1.65 bits per heavy atom. The van der Waals surface area contributed by atoms with Gasteiger partial charge in [-0.05, 0) is 35.9 Å². The minimum absolute atomic E-state index is 0.0715. The molecule has 6 heteroatoms. The van der Waals surface area contributed by atoms with Crippen LogP contribution in [-0.4, -0.2) is 27.3 Å². The van der Waals surface area contributed by atoms with Crippen LogP contribution in [-0.2, 0) is 11.3 Å². The smallest absolute Gasteiger partial charge is 0.338 e. The van der Waals surface area contributed by atoms with Gasteiger partial charge in [0, 0.05) is 5.02 Å². The monoisotopic (exact) mass is 336 g/mol. The molecule has 0 heterocycles. The fourth-order valence-corrected chi connectivity index (χ4v) is 2.26. The first-order valence-corrected chi connectivity index (χ1v) is 7.18. The molecular weight excluding hydrogens is 320 g/mol. The molecule has 5 nitrogen and oxygen atoms in total. The van der Waals surface area contributed by atoms with Crippen molar-refractivity contribution < 1.29 is 23.7 Å². The molecule has 2 aromatic carbocycles. The summed E-state index contributed by atoms with van der Waals surface area (Å²) in [6.45, 7) is 0.0715. The van der Waals surface area contributed by atoms with Gasteiger partial charge >= 0.3 is 5.97 Å². The van der Waals surface area contributed by atoms with Crippen LogP contribution in [0.25, 0.3) is 0 Å². The maximum atomic E-state index is 12.0. The highest BCUT2D eigenvalue weighted by Gasteiger charge is 2.14. The molecule has 0 saturated carbocycles. The predicted molar refractivity (Wildman–Crippen MR) is 86.7 cm³/mol. The van der Waals surface area contributed by atoms with Crippen molar-refractivity contribution in [2.75, 3.05) is 21.3 Å². The maximum absolute atomic E-state index is 12.0. The van der Waals surface area contributed by atoms with Crippen molar-refractivity contribution in [1.29, 1.82) is 0 Å². The fourth-order valence-electron chi connectivity index (χ4n) is 2.07. The van der Waals surface area contributed by atoms with Gasteiger partial charge in [0.25, 0.3) is 0 Å². The summed E-state index contributed by atoms with van der Waals surface area (Å²) in [7, 11) is 4.58. The van der Waals surface area contributed by atoms with Crippen molar-refractivity contribution in [3.63, 3.8) is 0 Å². The molecule has 0 aliphatic rings. The molecule has 0 fully saturated rings. The number of halogens is 1. The Morgan fingerprint density at radius 1 is 1.00 bits per heavy atom. The van der Waals surface area contributed by atoms with Crippen LogP contribution in [0.5, 0.6) is 17.2 Å². The van der Waals surface area contributed by atoms with E-state index >= 15 is 0 Å². The topological polar surface area (TPSA) is 54.0 Å². The lowest BCUT2D eigenvalue weighted by Crippen LogP contribution is -2.06. The fraction of sp³-hybridized carbons (Fsp3) is 0.235. The number of rotatable bonds is 6. The van der Waals surface area contributed by atoms with Crippen LogP contribution in [0.2, 0.25) is 5.02 Å². The van der Waals surface area contributed by atoms with Crippen LogP contribution in [0.1, 0.15) is 15.9 Å². The molecule has 0 aromatic heterocycles. The van der Waals surface area contributed by atoms with E-state index in [-0.39, 0.29) is 6.61 Å². The zero-order valence-corrected chi connectivity index (χ0v) is 13.8. The Morgan fingerprint density at radius 3 is 2.17 bits per heavy atom. The maximum Gasteiger partial charge on any atom is 0.338 e. The van der Waals surface area contributed by atoms with E-state index in [0.29, 0.717) is 27.8 Å². The average Bonchev–Trinajstić information content (AvgIpc) is 2.58. The number of carbonyl (C=O) groups excluding carboxylic acids is 1. The van der Waals surface area contributed by atoms with Gasteiger partial charge in [0.2, 0.25) is 5.75 Å². The summed E-state index contributed by atoms with van der Waals surface area (Å²) in [5.41, 5.74) is 1.11. The molecule has 0 saturated heterocycles. The van der Waals surface area contributed by atoms with Crippen LogP contribution in [0.3, 0.4) is 0 Å². The van der Waals surface area contributed by atoms with Crippen LogP contribution in [0.4, 0.5) is 0 Å². The molecule has 2 aromatic rings. The Kier molecular flexibility index (Phi) is 5.71. The summed E-state index contributed by atoms with van der Waals surface area (Å²) in [6.07, 6.45) is 0. The SMILES string of the molecule is COc1cc(COC(=O)c2cccc(Cl)c2)cc(OC)c1OC. The Balaban J connectivity index is 2.15. The third-order valence-corrected chi connectivity index (χ3v) is 3.39. The number of esters is 1. The second-order valence-corrected chi connectivity index (χ2v) is 5.06. The molecule has 2 rings (SSSR count). The highest BCUT2D eigenvalue weighted by atomic mass is 35.5. The number of hydrogen-bond acceptors (Lipinski definition) is 5. The van der Waals surface area contributed by atoms with E-state index in [1.54, 1.807) is 36.4 Å². The summed E-state index contributed by atoms with van der Waals surface area (Å²) < 4.78 is 21.1. The van der Waals surface area contributed by atoms with Crippen LogP contribution < -0.4 is 14.2 Å². The molecule has 0 N–H and O–H groups in total. The van der Waals surface area contributed by atoms with Crippen molar-refractivity contribution in [3.8, 4) is 17.2 Å². The van der Waals surface area contributed by atoms with Gasteiger partial charge in [-0.25, -0.2) is 4.79 Å². The molecule has 23 heavy (non-hydrogen) atoms. The lowest BCUT2D eigenvalue weighted by molar-refractivity contribution is 0.0472. The van der Waals surface area contributed by atoms with Crippen molar-refractivity contribution in [1.82, 2.24) is 0 Å². The van der Waals surface area contributed by atoms with E-state index in [2.05, 4.69) is 0 Å². The molecule has 0 aliphatic carbocycles. The van der Waals surface area contributed by atoms with Crippen LogP contribution in [0.15, 0.2) is 36.4 Å². The van der Waals surface area contributed by atoms with E-state index in [0.717, 1.165) is 5.56 Å². The van der Waals surface area contributed by atoms with Gasteiger partial charge in [0.1, 0.15) is 6.61 Å². The molecule has 0 bridgehead atoms. The second-order valence-electron chi connectivity index (χ2n) is 4.62. The molecule has 0 atom stereocenters. The zero-order valence-electron chi connectivity index (χ0n) is 13.1. The summed E-state index contributed by atoms with van der Waals surface area (Å²) in [5.74, 6) is 1.03. The largest absolute Gasteiger partial charge is 0.493 e. The van der Waals surface area contributed by atoms with Gasteiger partial charge in [0.15, 0.2) is 11.5 Å². The highest BCUT2D eigenvalue weighted by Crippen LogP contribution is 2.38. The summed E-state index contributed by atoms with van der Waals surface area (Å²) in [5, 5.41) is 0.479. The molecule has 0 amide bonds. The van der Waals surface area contributed by atoms with Gasteiger partial charge in [-0.2, -0.15) is 0 Å². The first-order chi connectivity index (χ1) is 11.1. The van der Waals surface area contributed by atoms with E-state index < -0.39 is 5.97 Å². The average molecular weight is 337 g/mol. The minimum Gasteiger partial charge on any atom is -0.493 e. The number of benzene rings is 2. The molecule has 0 spiro atoms. The van der Waals surface area contributed by atoms with Crippen molar-refractivity contribution >= 4 is 17.6 Å². The molecular formula is C17H17ClO5. The Hall–Kier alpha value is -2.40. The van der Waals surface area contributed by atoms with E-state index in [9.17, 15) is 4.79 Å². The van der Waals surface area contributed by atoms with Crippen molar-refractivity contribution in [2.45, 2.75) is 6.61 Å². The van der Waals surface area contributed by atoms with Crippen LogP contribution >= 0.6 is 11.6 Å². The first-order valence-electron chi connectivity index (χ1n) is 6.80. The summed E-state index contributed by atoms with van der Waals surface area (Å²) >= 11 is 5.86. The standard InChI is InChI=1S/C17H17ClO5/c1-20-14-7-11(8-15(21-2)16(14)22-3)10-23-17(19)12-5-4-6-13(18)9-12/h4-9H,10H2,1-3H3. The number of ether oxygens (including phenoxy) is 4. The van der Waals surface area contributed by atoms with Crippen LogP contribution in [0, 0.1) is 0 Å². The third-order valence-electron chi connectivity index (χ3n) is 3.15. The van der Waals surface area contributed by atoms with Gasteiger partial charge in [-0.1, -0.05) is 17.7 Å². The van der Waals surface area contributed by atoms with E-state index in [1.807, 2.05) is 0 Å². The highest BCUT2D eigenvalue weighted by molar-refractivity contribution is 6.30. The lowest BCUT2D eigenvalue weighted by atomic mass is 10.2. The molecule has 0 aliphatic heterocycles. The van der Waals surface area contributed by atoms with Gasteiger partial charge < -0.3 is 18.9 Å². The predicted octanol–water partition coefficient (Wildman–Crippen LogP) is 3.72. The van der Waals surface area contributed by atoms with Crippen molar-refractivity contribution in [3.05, 3.63) is 52.5 Å². The summed E-state index contributed by atoms with van der Waals surface area (Å²) in [6, 6.07) is 10.0. The van der Waals surface area contributed by atoms with Gasteiger partial charge in [-0.3, -0.25) is 0 Å². The van der Waals surface area contributed by atoms with E-state index in [4.69, 9.17) is 30.5 Å². The Bertz CT molecular complexity index is 674. The number of hydrogen-bond donors (Lipinski definition) is 0. The minimum atomic E-state index is -0.457. The second kappa shape index (κ2) is 7.74. The van der Waals surface area contributed by atoms with Gasteiger partial charge in [0.05, 0.1) is 26.9 Å². The molecule has 122 valence electrons.